The summed E-state index contributed by atoms with van der Waals surface area (Å²) < 4.78 is 5.20. The molecule has 3 nitrogen and oxygen atoms in total. The Hall–Kier alpha value is -1.39. The fourth-order valence-corrected chi connectivity index (χ4v) is 2.49. The van der Waals surface area contributed by atoms with Crippen LogP contribution in [0.1, 0.15) is 17.4 Å². The maximum absolute atomic E-state index is 10.0. The molecule has 0 bridgehead atoms. The highest BCUT2D eigenvalue weighted by molar-refractivity contribution is 7.99. The minimum atomic E-state index is -0.516. The van der Waals surface area contributed by atoms with E-state index < -0.39 is 6.10 Å². The number of hydrogen-bond acceptors (Lipinski definition) is 4. The highest BCUT2D eigenvalue weighted by Crippen LogP contribution is 2.28. The second-order valence-electron chi connectivity index (χ2n) is 3.84. The Morgan fingerprint density at radius 3 is 2.88 bits per heavy atom. The zero-order valence-corrected chi connectivity index (χ0v) is 10.4. The maximum Gasteiger partial charge on any atom is 0.114 e. The molecule has 1 unspecified atom stereocenters. The SMILES string of the molecule is Cc1occc1SCC(O)c1cccc(N)c1. The van der Waals surface area contributed by atoms with Crippen molar-refractivity contribution in [3.05, 3.63) is 47.9 Å². The van der Waals surface area contributed by atoms with Gasteiger partial charge in [0.25, 0.3) is 0 Å². The number of nitrogen functional groups attached to an aromatic ring is 1. The summed E-state index contributed by atoms with van der Waals surface area (Å²) in [6.45, 7) is 1.91. The molecule has 1 aromatic heterocycles. The van der Waals surface area contributed by atoms with Crippen molar-refractivity contribution in [2.24, 2.45) is 0 Å². The summed E-state index contributed by atoms with van der Waals surface area (Å²) in [5.41, 5.74) is 7.20. The summed E-state index contributed by atoms with van der Waals surface area (Å²) in [6, 6.07) is 9.24. The third-order valence-corrected chi connectivity index (χ3v) is 3.72. The molecule has 1 heterocycles. The highest BCUT2D eigenvalue weighted by atomic mass is 32.2. The summed E-state index contributed by atoms with van der Waals surface area (Å²) in [5, 5.41) is 10.0. The Labute approximate surface area is 105 Å². The summed E-state index contributed by atoms with van der Waals surface area (Å²) in [7, 11) is 0. The first-order valence-corrected chi connectivity index (χ1v) is 6.36. The minimum Gasteiger partial charge on any atom is -0.468 e. The Kier molecular flexibility index (Phi) is 3.76. The topological polar surface area (TPSA) is 59.4 Å². The van der Waals surface area contributed by atoms with E-state index in [0.717, 1.165) is 16.2 Å². The molecule has 4 heteroatoms. The van der Waals surface area contributed by atoms with Crippen molar-refractivity contribution in [1.82, 2.24) is 0 Å². The van der Waals surface area contributed by atoms with E-state index in [9.17, 15) is 5.11 Å². The van der Waals surface area contributed by atoms with Crippen molar-refractivity contribution in [3.63, 3.8) is 0 Å². The van der Waals surface area contributed by atoms with Crippen LogP contribution in [0.3, 0.4) is 0 Å². The number of hydrogen-bond donors (Lipinski definition) is 2. The van der Waals surface area contributed by atoms with Crippen LogP contribution in [0.2, 0.25) is 0 Å². The van der Waals surface area contributed by atoms with Crippen LogP contribution in [0.15, 0.2) is 45.9 Å². The normalized spacial score (nSPS) is 12.6. The fraction of sp³-hybridized carbons (Fsp3) is 0.231. The molecule has 0 aliphatic carbocycles. The summed E-state index contributed by atoms with van der Waals surface area (Å²) in [6.07, 6.45) is 1.14. The highest BCUT2D eigenvalue weighted by Gasteiger charge is 2.10. The first kappa shape index (κ1) is 12.1. The fourth-order valence-electron chi connectivity index (χ4n) is 1.55. The zero-order valence-electron chi connectivity index (χ0n) is 9.59. The number of aliphatic hydroxyl groups is 1. The molecule has 0 aliphatic rings. The summed E-state index contributed by atoms with van der Waals surface area (Å²) in [4.78, 5) is 1.06. The van der Waals surface area contributed by atoms with E-state index in [1.54, 1.807) is 24.1 Å². The van der Waals surface area contributed by atoms with Crippen molar-refractivity contribution in [2.75, 3.05) is 11.5 Å². The Balaban J connectivity index is 1.98. The second kappa shape index (κ2) is 5.29. The molecule has 0 fully saturated rings. The molecule has 0 radical (unpaired) electrons. The summed E-state index contributed by atoms with van der Waals surface area (Å²) in [5.74, 6) is 1.47. The third-order valence-electron chi connectivity index (χ3n) is 2.50. The molecule has 1 aromatic carbocycles. The van der Waals surface area contributed by atoms with Gasteiger partial charge in [0.15, 0.2) is 0 Å². The maximum atomic E-state index is 10.0. The van der Waals surface area contributed by atoms with Crippen LogP contribution >= 0.6 is 11.8 Å². The van der Waals surface area contributed by atoms with E-state index in [1.165, 1.54) is 0 Å². The first-order chi connectivity index (χ1) is 8.16. The van der Waals surface area contributed by atoms with Crippen molar-refractivity contribution >= 4 is 17.4 Å². The van der Waals surface area contributed by atoms with Gasteiger partial charge >= 0.3 is 0 Å². The van der Waals surface area contributed by atoms with Crippen LogP contribution in [0.5, 0.6) is 0 Å². The lowest BCUT2D eigenvalue weighted by Gasteiger charge is -2.10. The number of thioether (sulfide) groups is 1. The van der Waals surface area contributed by atoms with Gasteiger partial charge in [0, 0.05) is 16.3 Å². The molecule has 90 valence electrons. The molecular formula is C13H15NO2S. The van der Waals surface area contributed by atoms with E-state index >= 15 is 0 Å². The molecular weight excluding hydrogens is 234 g/mol. The Morgan fingerprint density at radius 2 is 2.24 bits per heavy atom. The van der Waals surface area contributed by atoms with Crippen molar-refractivity contribution in [2.45, 2.75) is 17.9 Å². The van der Waals surface area contributed by atoms with E-state index in [4.69, 9.17) is 10.2 Å². The number of anilines is 1. The van der Waals surface area contributed by atoms with Gasteiger partial charge in [-0.05, 0) is 30.7 Å². The number of benzene rings is 1. The first-order valence-electron chi connectivity index (χ1n) is 5.37. The zero-order chi connectivity index (χ0) is 12.3. The minimum absolute atomic E-state index is 0.516. The average molecular weight is 249 g/mol. The average Bonchev–Trinajstić information content (AvgIpc) is 2.72. The largest absolute Gasteiger partial charge is 0.468 e. The van der Waals surface area contributed by atoms with Crippen LogP contribution in [-0.2, 0) is 0 Å². The van der Waals surface area contributed by atoms with Crippen LogP contribution in [0.4, 0.5) is 5.69 Å². The monoisotopic (exact) mass is 249 g/mol. The number of rotatable bonds is 4. The smallest absolute Gasteiger partial charge is 0.114 e. The Bertz CT molecular complexity index is 496. The van der Waals surface area contributed by atoms with Crippen LogP contribution in [0, 0.1) is 6.92 Å². The standard InChI is InChI=1S/C13H15NO2S/c1-9-13(5-6-16-9)17-8-12(15)10-3-2-4-11(14)7-10/h2-7,12,15H,8,14H2,1H3. The lowest BCUT2D eigenvalue weighted by atomic mass is 10.1. The van der Waals surface area contributed by atoms with Crippen LogP contribution < -0.4 is 5.73 Å². The number of furan rings is 1. The van der Waals surface area contributed by atoms with Crippen molar-refractivity contribution in [3.8, 4) is 0 Å². The van der Waals surface area contributed by atoms with Gasteiger partial charge in [-0.1, -0.05) is 12.1 Å². The van der Waals surface area contributed by atoms with E-state index in [1.807, 2.05) is 31.2 Å². The molecule has 0 aliphatic heterocycles. The second-order valence-corrected chi connectivity index (χ2v) is 4.90. The molecule has 0 amide bonds. The van der Waals surface area contributed by atoms with Gasteiger partial charge in [-0.15, -0.1) is 11.8 Å². The van der Waals surface area contributed by atoms with E-state index in [2.05, 4.69) is 0 Å². The molecule has 0 saturated heterocycles. The van der Waals surface area contributed by atoms with Crippen LogP contribution in [-0.4, -0.2) is 10.9 Å². The van der Waals surface area contributed by atoms with Crippen molar-refractivity contribution < 1.29 is 9.52 Å². The van der Waals surface area contributed by atoms with Gasteiger partial charge in [-0.25, -0.2) is 0 Å². The summed E-state index contributed by atoms with van der Waals surface area (Å²) >= 11 is 1.58. The number of nitrogens with two attached hydrogens (primary N) is 1. The third kappa shape index (κ3) is 3.05. The molecule has 3 N–H and O–H groups in total. The number of aryl methyl sites for hydroxylation is 1. The molecule has 1 atom stereocenters. The van der Waals surface area contributed by atoms with E-state index in [-0.39, 0.29) is 0 Å². The lowest BCUT2D eigenvalue weighted by molar-refractivity contribution is 0.204. The Morgan fingerprint density at radius 1 is 1.41 bits per heavy atom. The molecule has 0 spiro atoms. The van der Waals surface area contributed by atoms with Gasteiger partial charge < -0.3 is 15.3 Å². The molecule has 0 saturated carbocycles. The van der Waals surface area contributed by atoms with Gasteiger partial charge in [0.2, 0.25) is 0 Å². The van der Waals surface area contributed by atoms with Gasteiger partial charge in [-0.2, -0.15) is 0 Å². The van der Waals surface area contributed by atoms with Crippen molar-refractivity contribution in [1.29, 1.82) is 0 Å². The van der Waals surface area contributed by atoms with E-state index in [0.29, 0.717) is 11.4 Å². The predicted octanol–water partition coefficient (Wildman–Crippen LogP) is 3.00. The van der Waals surface area contributed by atoms with Gasteiger partial charge in [-0.3, -0.25) is 0 Å². The van der Waals surface area contributed by atoms with Gasteiger partial charge in [0.05, 0.1) is 12.4 Å². The molecule has 17 heavy (non-hydrogen) atoms. The predicted molar refractivity (Wildman–Crippen MR) is 70.0 cm³/mol. The lowest BCUT2D eigenvalue weighted by Crippen LogP contribution is -2.01. The number of aliphatic hydroxyl groups excluding tert-OH is 1. The van der Waals surface area contributed by atoms with Crippen LogP contribution in [0.25, 0.3) is 0 Å². The molecule has 2 rings (SSSR count). The quantitative estimate of drug-likeness (QED) is 0.646. The van der Waals surface area contributed by atoms with Gasteiger partial charge in [0.1, 0.15) is 5.76 Å². The molecule has 2 aromatic rings.